The lowest BCUT2D eigenvalue weighted by Gasteiger charge is -2.04. The van der Waals surface area contributed by atoms with Crippen molar-refractivity contribution in [3.8, 4) is 0 Å². The monoisotopic (exact) mass is 160 g/mol. The smallest absolute Gasteiger partial charge is 0.124 e. The fourth-order valence-electron chi connectivity index (χ4n) is 1.20. The summed E-state index contributed by atoms with van der Waals surface area (Å²) in [5.41, 5.74) is 3.15. The molecule has 0 fully saturated rings. The summed E-state index contributed by atoms with van der Waals surface area (Å²) in [4.78, 5) is 10.3. The molecule has 0 amide bonds. The van der Waals surface area contributed by atoms with E-state index in [2.05, 4.69) is 6.58 Å². The molecule has 0 aliphatic heterocycles. The van der Waals surface area contributed by atoms with Crippen LogP contribution in [0.5, 0.6) is 0 Å². The van der Waals surface area contributed by atoms with E-state index < -0.39 is 0 Å². The molecule has 1 aromatic rings. The lowest BCUT2D eigenvalue weighted by atomic mass is 10.0. The van der Waals surface area contributed by atoms with Crippen LogP contribution in [0, 0.1) is 0 Å². The van der Waals surface area contributed by atoms with E-state index in [1.54, 1.807) is 0 Å². The number of aldehydes is 1. The van der Waals surface area contributed by atoms with Crippen molar-refractivity contribution in [3.05, 3.63) is 42.0 Å². The van der Waals surface area contributed by atoms with Gasteiger partial charge in [0.15, 0.2) is 0 Å². The van der Waals surface area contributed by atoms with Crippen LogP contribution in [0.2, 0.25) is 0 Å². The van der Waals surface area contributed by atoms with Gasteiger partial charge in [-0.1, -0.05) is 36.4 Å². The Morgan fingerprint density at radius 2 is 2.17 bits per heavy atom. The quantitative estimate of drug-likeness (QED) is 0.621. The molecule has 0 aliphatic carbocycles. The van der Waals surface area contributed by atoms with Gasteiger partial charge in [-0.15, -0.1) is 0 Å². The zero-order chi connectivity index (χ0) is 8.97. The maximum atomic E-state index is 10.3. The Kier molecular flexibility index (Phi) is 2.81. The third kappa shape index (κ3) is 1.82. The minimum atomic E-state index is 0.475. The van der Waals surface area contributed by atoms with Gasteiger partial charge in [0, 0.05) is 6.42 Å². The SMILES string of the molecule is C=C(C)c1ccccc1CC=O. The molecule has 0 bridgehead atoms. The largest absolute Gasteiger partial charge is 0.303 e. The zero-order valence-electron chi connectivity index (χ0n) is 7.21. The maximum Gasteiger partial charge on any atom is 0.124 e. The van der Waals surface area contributed by atoms with E-state index in [9.17, 15) is 4.79 Å². The van der Waals surface area contributed by atoms with E-state index >= 15 is 0 Å². The van der Waals surface area contributed by atoms with E-state index in [1.165, 1.54) is 0 Å². The van der Waals surface area contributed by atoms with Crippen LogP contribution < -0.4 is 0 Å². The van der Waals surface area contributed by atoms with Gasteiger partial charge in [0.1, 0.15) is 6.29 Å². The first-order valence-electron chi connectivity index (χ1n) is 3.93. The average molecular weight is 160 g/mol. The highest BCUT2D eigenvalue weighted by Gasteiger charge is 1.99. The standard InChI is InChI=1S/C11H12O/c1-9(2)11-6-4-3-5-10(11)7-8-12/h3-6,8H,1,7H2,2H3. The van der Waals surface area contributed by atoms with Gasteiger partial charge in [-0.2, -0.15) is 0 Å². The molecule has 0 heterocycles. The van der Waals surface area contributed by atoms with Crippen LogP contribution in [0.4, 0.5) is 0 Å². The second-order valence-electron chi connectivity index (χ2n) is 2.81. The molecule has 0 N–H and O–H groups in total. The molecule has 0 saturated heterocycles. The molecule has 0 saturated carbocycles. The predicted octanol–water partition coefficient (Wildman–Crippen LogP) is 2.46. The topological polar surface area (TPSA) is 17.1 Å². The number of benzene rings is 1. The van der Waals surface area contributed by atoms with E-state index in [4.69, 9.17) is 0 Å². The highest BCUT2D eigenvalue weighted by Crippen LogP contribution is 2.16. The molecule has 1 aromatic carbocycles. The van der Waals surface area contributed by atoms with Gasteiger partial charge in [-0.25, -0.2) is 0 Å². The molecule has 1 heteroatoms. The first kappa shape index (κ1) is 8.72. The molecule has 62 valence electrons. The van der Waals surface area contributed by atoms with Crippen molar-refractivity contribution in [1.82, 2.24) is 0 Å². The minimum absolute atomic E-state index is 0.475. The van der Waals surface area contributed by atoms with Crippen LogP contribution >= 0.6 is 0 Å². The number of hydrogen-bond donors (Lipinski definition) is 0. The molecule has 1 nitrogen and oxygen atoms in total. The molecule has 1 rings (SSSR count). The van der Waals surface area contributed by atoms with Gasteiger partial charge in [-0.3, -0.25) is 0 Å². The summed E-state index contributed by atoms with van der Waals surface area (Å²) < 4.78 is 0. The summed E-state index contributed by atoms with van der Waals surface area (Å²) in [6.45, 7) is 5.80. The van der Waals surface area contributed by atoms with Gasteiger partial charge >= 0.3 is 0 Å². The Balaban J connectivity index is 3.07. The summed E-state index contributed by atoms with van der Waals surface area (Å²) in [6.07, 6.45) is 1.39. The molecule has 0 atom stereocenters. The zero-order valence-corrected chi connectivity index (χ0v) is 7.21. The summed E-state index contributed by atoms with van der Waals surface area (Å²) in [5, 5.41) is 0. The Morgan fingerprint density at radius 1 is 1.50 bits per heavy atom. The first-order chi connectivity index (χ1) is 5.75. The van der Waals surface area contributed by atoms with Crippen molar-refractivity contribution in [2.75, 3.05) is 0 Å². The van der Waals surface area contributed by atoms with Crippen LogP contribution in [-0.4, -0.2) is 6.29 Å². The molecule has 0 radical (unpaired) electrons. The lowest BCUT2D eigenvalue weighted by molar-refractivity contribution is -0.107. The normalized spacial score (nSPS) is 9.42. The van der Waals surface area contributed by atoms with Crippen molar-refractivity contribution in [2.45, 2.75) is 13.3 Å². The second-order valence-corrected chi connectivity index (χ2v) is 2.81. The Bertz CT molecular complexity index is 300. The van der Waals surface area contributed by atoms with Crippen molar-refractivity contribution in [1.29, 1.82) is 0 Å². The average Bonchev–Trinajstić information content (AvgIpc) is 2.05. The summed E-state index contributed by atoms with van der Waals surface area (Å²) >= 11 is 0. The fraction of sp³-hybridized carbons (Fsp3) is 0.182. The number of rotatable bonds is 3. The third-order valence-electron chi connectivity index (χ3n) is 1.78. The van der Waals surface area contributed by atoms with Gasteiger partial charge in [0.25, 0.3) is 0 Å². The van der Waals surface area contributed by atoms with Gasteiger partial charge in [0.05, 0.1) is 0 Å². The molecule has 0 aliphatic rings. The van der Waals surface area contributed by atoms with Crippen molar-refractivity contribution in [2.24, 2.45) is 0 Å². The molecule has 0 aromatic heterocycles. The van der Waals surface area contributed by atoms with Crippen LogP contribution in [0.1, 0.15) is 18.1 Å². The highest BCUT2D eigenvalue weighted by atomic mass is 16.1. The number of carbonyl (C=O) groups is 1. The van der Waals surface area contributed by atoms with Gasteiger partial charge in [0.2, 0.25) is 0 Å². The Labute approximate surface area is 72.7 Å². The van der Waals surface area contributed by atoms with Gasteiger partial charge in [-0.05, 0) is 18.1 Å². The maximum absolute atomic E-state index is 10.3. The summed E-state index contributed by atoms with van der Waals surface area (Å²) in [7, 11) is 0. The summed E-state index contributed by atoms with van der Waals surface area (Å²) in [5.74, 6) is 0. The van der Waals surface area contributed by atoms with Crippen LogP contribution in [0.3, 0.4) is 0 Å². The minimum Gasteiger partial charge on any atom is -0.303 e. The number of carbonyl (C=O) groups excluding carboxylic acids is 1. The number of allylic oxidation sites excluding steroid dienone is 1. The van der Waals surface area contributed by atoms with Crippen molar-refractivity contribution < 1.29 is 4.79 Å². The molecule has 0 unspecified atom stereocenters. The Morgan fingerprint density at radius 3 is 2.75 bits per heavy atom. The van der Waals surface area contributed by atoms with Crippen molar-refractivity contribution >= 4 is 11.9 Å². The highest BCUT2D eigenvalue weighted by molar-refractivity contribution is 5.68. The van der Waals surface area contributed by atoms with Gasteiger partial charge < -0.3 is 4.79 Å². The molecule has 0 spiro atoms. The molecular formula is C11H12O. The molecular weight excluding hydrogens is 148 g/mol. The predicted molar refractivity (Wildman–Crippen MR) is 50.9 cm³/mol. The number of hydrogen-bond acceptors (Lipinski definition) is 1. The third-order valence-corrected chi connectivity index (χ3v) is 1.78. The van der Waals surface area contributed by atoms with Crippen LogP contribution in [-0.2, 0) is 11.2 Å². The lowest BCUT2D eigenvalue weighted by Crippen LogP contribution is -1.91. The van der Waals surface area contributed by atoms with E-state index in [0.29, 0.717) is 6.42 Å². The Hall–Kier alpha value is -1.37. The fourth-order valence-corrected chi connectivity index (χ4v) is 1.20. The van der Waals surface area contributed by atoms with Crippen LogP contribution in [0.25, 0.3) is 5.57 Å². The second kappa shape index (κ2) is 3.86. The molecule has 12 heavy (non-hydrogen) atoms. The first-order valence-corrected chi connectivity index (χ1v) is 3.93. The van der Waals surface area contributed by atoms with E-state index in [0.717, 1.165) is 23.0 Å². The van der Waals surface area contributed by atoms with E-state index in [1.807, 2.05) is 31.2 Å². The van der Waals surface area contributed by atoms with Crippen LogP contribution in [0.15, 0.2) is 30.8 Å². The summed E-state index contributed by atoms with van der Waals surface area (Å²) in [6, 6.07) is 7.84. The van der Waals surface area contributed by atoms with E-state index in [-0.39, 0.29) is 0 Å². The van der Waals surface area contributed by atoms with Crippen molar-refractivity contribution in [3.63, 3.8) is 0 Å².